The quantitative estimate of drug-likeness (QED) is 0.763. The van der Waals surface area contributed by atoms with Gasteiger partial charge in [0.25, 0.3) is 0 Å². The summed E-state index contributed by atoms with van der Waals surface area (Å²) in [6.45, 7) is 1.87. The molecule has 1 atom stereocenters. The summed E-state index contributed by atoms with van der Waals surface area (Å²) >= 11 is 0. The first-order valence-corrected chi connectivity index (χ1v) is 5.77. The Morgan fingerprint density at radius 3 is 2.50 bits per heavy atom. The van der Waals surface area contributed by atoms with E-state index < -0.39 is 10.8 Å². The molecule has 0 aromatic heterocycles. The zero-order valence-corrected chi connectivity index (χ0v) is 9.21. The van der Waals surface area contributed by atoms with Crippen LogP contribution in [0.1, 0.15) is 12.5 Å². The van der Waals surface area contributed by atoms with Crippen molar-refractivity contribution in [2.75, 3.05) is 7.11 Å². The predicted octanol–water partition coefficient (Wildman–Crippen LogP) is 2.48. The Morgan fingerprint density at radius 1 is 1.36 bits per heavy atom. The zero-order chi connectivity index (χ0) is 10.4. The lowest BCUT2D eigenvalue weighted by Gasteiger charge is -2.01. The second-order valence-corrected chi connectivity index (χ2v) is 4.16. The smallest absolute Gasteiger partial charge is 0.118 e. The largest absolute Gasteiger partial charge is 0.497 e. The third-order valence-electron chi connectivity index (χ3n) is 1.76. The molecule has 1 aromatic carbocycles. The van der Waals surface area contributed by atoms with E-state index in [1.54, 1.807) is 18.6 Å². The number of hydrogen-bond acceptors (Lipinski definition) is 2. The Balaban J connectivity index is 2.64. The van der Waals surface area contributed by atoms with Crippen LogP contribution in [0.5, 0.6) is 5.75 Å². The van der Waals surface area contributed by atoms with Crippen LogP contribution in [-0.4, -0.2) is 11.3 Å². The molecule has 1 aromatic rings. The molecule has 76 valence electrons. The van der Waals surface area contributed by atoms with E-state index in [1.165, 1.54) is 0 Å². The second-order valence-electron chi connectivity index (χ2n) is 2.84. The third-order valence-corrected chi connectivity index (χ3v) is 2.95. The Hall–Kier alpha value is -1.09. The molecule has 0 saturated carbocycles. The molecule has 0 fully saturated rings. The highest BCUT2D eigenvalue weighted by Crippen LogP contribution is 2.12. The molecule has 1 unspecified atom stereocenters. The van der Waals surface area contributed by atoms with Crippen LogP contribution in [0.15, 0.2) is 35.7 Å². The monoisotopic (exact) mass is 210 g/mol. The van der Waals surface area contributed by atoms with Gasteiger partial charge < -0.3 is 4.74 Å². The van der Waals surface area contributed by atoms with E-state index in [4.69, 9.17) is 4.74 Å². The molecule has 0 N–H and O–H groups in total. The Kier molecular flexibility index (Phi) is 4.40. The minimum Gasteiger partial charge on any atom is -0.497 e. The van der Waals surface area contributed by atoms with Crippen molar-refractivity contribution in [1.29, 1.82) is 0 Å². The van der Waals surface area contributed by atoms with Gasteiger partial charge in [-0.05, 0) is 30.0 Å². The fourth-order valence-corrected chi connectivity index (χ4v) is 2.01. The summed E-state index contributed by atoms with van der Waals surface area (Å²) in [6.07, 6.45) is 1.81. The lowest BCUT2D eigenvalue weighted by molar-refractivity contribution is 0.414. The van der Waals surface area contributed by atoms with Crippen molar-refractivity contribution < 1.29 is 8.95 Å². The molecule has 0 heterocycles. The van der Waals surface area contributed by atoms with Crippen molar-refractivity contribution in [3.8, 4) is 5.75 Å². The molecular weight excluding hydrogens is 196 g/mol. The molecular formula is C11H14O2S. The summed E-state index contributed by atoms with van der Waals surface area (Å²) in [5, 5.41) is 1.70. The summed E-state index contributed by atoms with van der Waals surface area (Å²) in [4.78, 5) is 0. The Bertz CT molecular complexity index is 328. The first-order chi connectivity index (χ1) is 6.76. The summed E-state index contributed by atoms with van der Waals surface area (Å²) in [5.74, 6) is 1.39. The van der Waals surface area contributed by atoms with E-state index in [9.17, 15) is 4.21 Å². The van der Waals surface area contributed by atoms with Crippen LogP contribution < -0.4 is 4.74 Å². The van der Waals surface area contributed by atoms with Gasteiger partial charge in [-0.1, -0.05) is 18.2 Å². The predicted molar refractivity (Wildman–Crippen MR) is 59.7 cm³/mol. The van der Waals surface area contributed by atoms with Gasteiger partial charge in [0.15, 0.2) is 0 Å². The van der Waals surface area contributed by atoms with Gasteiger partial charge in [-0.3, -0.25) is 4.21 Å². The number of benzene rings is 1. The maximum absolute atomic E-state index is 11.4. The summed E-state index contributed by atoms with van der Waals surface area (Å²) in [5.41, 5.74) is 1.06. The second kappa shape index (κ2) is 5.60. The van der Waals surface area contributed by atoms with Gasteiger partial charge in [0.05, 0.1) is 12.9 Å². The maximum atomic E-state index is 11.4. The van der Waals surface area contributed by atoms with Crippen molar-refractivity contribution in [2.45, 2.75) is 12.7 Å². The van der Waals surface area contributed by atoms with Crippen molar-refractivity contribution in [3.63, 3.8) is 0 Å². The SMILES string of the molecule is C/C=C/S(=O)Cc1ccc(OC)cc1. The molecule has 0 bridgehead atoms. The third kappa shape index (κ3) is 3.34. The topological polar surface area (TPSA) is 26.3 Å². The summed E-state index contributed by atoms with van der Waals surface area (Å²) in [6, 6.07) is 7.62. The molecule has 0 aliphatic carbocycles. The molecule has 3 heteroatoms. The zero-order valence-electron chi connectivity index (χ0n) is 8.40. The van der Waals surface area contributed by atoms with Gasteiger partial charge in [-0.25, -0.2) is 0 Å². The van der Waals surface area contributed by atoms with Gasteiger partial charge >= 0.3 is 0 Å². The van der Waals surface area contributed by atoms with Gasteiger partial charge in [-0.2, -0.15) is 0 Å². The van der Waals surface area contributed by atoms with Gasteiger partial charge in [0, 0.05) is 10.8 Å². The molecule has 0 aliphatic heterocycles. The van der Waals surface area contributed by atoms with Crippen LogP contribution >= 0.6 is 0 Å². The summed E-state index contributed by atoms with van der Waals surface area (Å²) in [7, 11) is 0.731. The first kappa shape index (κ1) is 11.0. The molecule has 0 saturated heterocycles. The van der Waals surface area contributed by atoms with Crippen molar-refractivity contribution >= 4 is 10.8 Å². The Labute approximate surface area is 87.1 Å². The minimum absolute atomic E-state index is 0.564. The number of hydrogen-bond donors (Lipinski definition) is 0. The van der Waals surface area contributed by atoms with E-state index >= 15 is 0 Å². The van der Waals surface area contributed by atoms with E-state index in [0.29, 0.717) is 5.75 Å². The highest BCUT2D eigenvalue weighted by molar-refractivity contribution is 7.87. The molecule has 0 amide bonds. The van der Waals surface area contributed by atoms with Crippen LogP contribution in [-0.2, 0) is 16.6 Å². The van der Waals surface area contributed by atoms with Crippen LogP contribution in [0.4, 0.5) is 0 Å². The highest BCUT2D eigenvalue weighted by Gasteiger charge is 1.97. The molecule has 0 radical (unpaired) electrons. The van der Waals surface area contributed by atoms with Gasteiger partial charge in [0.2, 0.25) is 0 Å². The lowest BCUT2D eigenvalue weighted by atomic mass is 10.2. The van der Waals surface area contributed by atoms with E-state index in [2.05, 4.69) is 0 Å². The fourth-order valence-electron chi connectivity index (χ4n) is 1.09. The molecule has 14 heavy (non-hydrogen) atoms. The number of ether oxygens (including phenoxy) is 1. The minimum atomic E-state index is -0.901. The normalized spacial score (nSPS) is 13.0. The van der Waals surface area contributed by atoms with E-state index in [1.807, 2.05) is 31.2 Å². The molecule has 0 aliphatic rings. The maximum Gasteiger partial charge on any atom is 0.118 e. The van der Waals surface area contributed by atoms with Crippen LogP contribution in [0, 0.1) is 0 Å². The molecule has 2 nitrogen and oxygen atoms in total. The average molecular weight is 210 g/mol. The number of allylic oxidation sites excluding steroid dienone is 1. The highest BCUT2D eigenvalue weighted by atomic mass is 32.2. The van der Waals surface area contributed by atoms with Crippen LogP contribution in [0.3, 0.4) is 0 Å². The van der Waals surface area contributed by atoms with Crippen molar-refractivity contribution in [1.82, 2.24) is 0 Å². The number of methoxy groups -OCH3 is 1. The molecule has 1 rings (SSSR count). The van der Waals surface area contributed by atoms with Gasteiger partial charge in [-0.15, -0.1) is 0 Å². The first-order valence-electron chi connectivity index (χ1n) is 4.39. The van der Waals surface area contributed by atoms with Gasteiger partial charge in [0.1, 0.15) is 5.75 Å². The van der Waals surface area contributed by atoms with Crippen LogP contribution in [0.25, 0.3) is 0 Å². The number of rotatable bonds is 4. The fraction of sp³-hybridized carbons (Fsp3) is 0.273. The Morgan fingerprint density at radius 2 is 2.00 bits per heavy atom. The van der Waals surface area contributed by atoms with E-state index in [-0.39, 0.29) is 0 Å². The van der Waals surface area contributed by atoms with Crippen LogP contribution in [0.2, 0.25) is 0 Å². The lowest BCUT2D eigenvalue weighted by Crippen LogP contribution is -1.91. The standard InChI is InChI=1S/C11H14O2S/c1-3-8-14(12)9-10-4-6-11(13-2)7-5-10/h3-8H,9H2,1-2H3/b8-3+. The molecule has 0 spiro atoms. The summed E-state index contributed by atoms with van der Waals surface area (Å²) < 4.78 is 16.4. The average Bonchev–Trinajstić information content (AvgIpc) is 2.19. The van der Waals surface area contributed by atoms with Crippen molar-refractivity contribution in [2.24, 2.45) is 0 Å². The van der Waals surface area contributed by atoms with Crippen molar-refractivity contribution in [3.05, 3.63) is 41.3 Å². The van der Waals surface area contributed by atoms with E-state index in [0.717, 1.165) is 11.3 Å².